The van der Waals surface area contributed by atoms with Crippen LogP contribution in [0.2, 0.25) is 0 Å². The quantitative estimate of drug-likeness (QED) is 0.694. The predicted octanol–water partition coefficient (Wildman–Crippen LogP) is 2.05. The molecule has 2 aromatic heterocycles. The second-order valence-corrected chi connectivity index (χ2v) is 4.20. The van der Waals surface area contributed by atoms with Crippen LogP contribution in [0, 0.1) is 0 Å². The van der Waals surface area contributed by atoms with E-state index in [1.807, 2.05) is 23.6 Å². The molecule has 0 saturated heterocycles. The van der Waals surface area contributed by atoms with E-state index in [9.17, 15) is 4.79 Å². The average molecular weight is 229 g/mol. The third-order valence-corrected chi connectivity index (χ3v) is 3.14. The molecule has 5 heteroatoms. The van der Waals surface area contributed by atoms with Gasteiger partial charge in [0.15, 0.2) is 0 Å². The topological polar surface area (TPSA) is 58.6 Å². The highest BCUT2D eigenvalue weighted by atomic mass is 32.1. The van der Waals surface area contributed by atoms with Crippen LogP contribution < -0.4 is 5.56 Å². The van der Waals surface area contributed by atoms with Crippen LogP contribution in [0.25, 0.3) is 21.5 Å². The maximum Gasteiger partial charge on any atom is 0.258 e. The van der Waals surface area contributed by atoms with Gasteiger partial charge in [-0.3, -0.25) is 4.79 Å². The molecule has 4 nitrogen and oxygen atoms in total. The van der Waals surface area contributed by atoms with Crippen LogP contribution in [-0.4, -0.2) is 15.0 Å². The second-order valence-electron chi connectivity index (χ2n) is 3.30. The van der Waals surface area contributed by atoms with Crippen molar-refractivity contribution in [3.8, 4) is 10.6 Å². The first-order valence-corrected chi connectivity index (χ1v) is 5.60. The number of hydrogen-bond donors (Lipinski definition) is 1. The number of aromatic nitrogens is 3. The molecule has 1 aromatic carbocycles. The monoisotopic (exact) mass is 229 g/mol. The SMILES string of the molecule is O=c1[nH]cnc2ccc(-c3nccs3)cc12. The van der Waals surface area contributed by atoms with Gasteiger partial charge in [-0.05, 0) is 18.2 Å². The number of benzene rings is 1. The van der Waals surface area contributed by atoms with Crippen molar-refractivity contribution in [3.05, 3.63) is 46.5 Å². The van der Waals surface area contributed by atoms with Gasteiger partial charge in [-0.1, -0.05) is 0 Å². The van der Waals surface area contributed by atoms with Gasteiger partial charge in [0.05, 0.1) is 17.2 Å². The Labute approximate surface area is 94.6 Å². The fourth-order valence-corrected chi connectivity index (χ4v) is 2.20. The Bertz CT molecular complexity index is 688. The van der Waals surface area contributed by atoms with Crippen LogP contribution in [0.4, 0.5) is 0 Å². The Morgan fingerprint density at radius 3 is 3.00 bits per heavy atom. The Kier molecular flexibility index (Phi) is 2.04. The molecule has 0 aliphatic carbocycles. The van der Waals surface area contributed by atoms with Gasteiger partial charge in [0, 0.05) is 17.1 Å². The van der Waals surface area contributed by atoms with E-state index in [1.165, 1.54) is 6.33 Å². The van der Waals surface area contributed by atoms with E-state index in [0.29, 0.717) is 10.9 Å². The maximum atomic E-state index is 11.6. The zero-order valence-electron chi connectivity index (χ0n) is 8.18. The fourth-order valence-electron chi connectivity index (χ4n) is 1.57. The fraction of sp³-hybridized carbons (Fsp3) is 0. The van der Waals surface area contributed by atoms with Crippen molar-refractivity contribution in [2.24, 2.45) is 0 Å². The predicted molar refractivity (Wildman–Crippen MR) is 63.5 cm³/mol. The minimum absolute atomic E-state index is 0.122. The summed E-state index contributed by atoms with van der Waals surface area (Å²) in [6, 6.07) is 5.58. The molecular weight excluding hydrogens is 222 g/mol. The Balaban J connectivity index is 2.31. The molecule has 2 heterocycles. The van der Waals surface area contributed by atoms with Crippen molar-refractivity contribution in [1.29, 1.82) is 0 Å². The molecule has 0 unspecified atom stereocenters. The molecule has 0 bridgehead atoms. The number of rotatable bonds is 1. The summed E-state index contributed by atoms with van der Waals surface area (Å²) in [5.41, 5.74) is 1.52. The highest BCUT2D eigenvalue weighted by molar-refractivity contribution is 7.13. The molecule has 0 amide bonds. The van der Waals surface area contributed by atoms with Crippen molar-refractivity contribution < 1.29 is 0 Å². The molecule has 0 radical (unpaired) electrons. The van der Waals surface area contributed by atoms with Crippen LogP contribution in [-0.2, 0) is 0 Å². The number of nitrogens with one attached hydrogen (secondary N) is 1. The highest BCUT2D eigenvalue weighted by Gasteiger charge is 2.04. The molecule has 3 rings (SSSR count). The van der Waals surface area contributed by atoms with Gasteiger partial charge in [-0.25, -0.2) is 9.97 Å². The molecule has 16 heavy (non-hydrogen) atoms. The third-order valence-electron chi connectivity index (χ3n) is 2.32. The van der Waals surface area contributed by atoms with Crippen LogP contribution in [0.15, 0.2) is 40.9 Å². The van der Waals surface area contributed by atoms with Gasteiger partial charge in [-0.2, -0.15) is 0 Å². The molecule has 0 fully saturated rings. The maximum absolute atomic E-state index is 11.6. The van der Waals surface area contributed by atoms with E-state index < -0.39 is 0 Å². The summed E-state index contributed by atoms with van der Waals surface area (Å²) in [4.78, 5) is 22.5. The van der Waals surface area contributed by atoms with Crippen LogP contribution >= 0.6 is 11.3 Å². The van der Waals surface area contributed by atoms with E-state index in [1.54, 1.807) is 17.5 Å². The van der Waals surface area contributed by atoms with Crippen LogP contribution in [0.1, 0.15) is 0 Å². The number of thiazole rings is 1. The Hall–Kier alpha value is -2.01. The lowest BCUT2D eigenvalue weighted by atomic mass is 10.1. The summed E-state index contributed by atoms with van der Waals surface area (Å²) < 4.78 is 0. The zero-order chi connectivity index (χ0) is 11.0. The summed E-state index contributed by atoms with van der Waals surface area (Å²) in [6.45, 7) is 0. The minimum Gasteiger partial charge on any atom is -0.313 e. The molecule has 0 aliphatic heterocycles. The van der Waals surface area contributed by atoms with Crippen molar-refractivity contribution in [2.45, 2.75) is 0 Å². The summed E-state index contributed by atoms with van der Waals surface area (Å²) in [5, 5.41) is 3.41. The zero-order valence-corrected chi connectivity index (χ0v) is 8.99. The largest absolute Gasteiger partial charge is 0.313 e. The first-order valence-electron chi connectivity index (χ1n) is 4.72. The molecule has 3 aromatic rings. The van der Waals surface area contributed by atoms with Gasteiger partial charge in [-0.15, -0.1) is 11.3 Å². The molecular formula is C11H7N3OS. The smallest absolute Gasteiger partial charge is 0.258 e. The minimum atomic E-state index is -0.122. The van der Waals surface area contributed by atoms with E-state index in [0.717, 1.165) is 10.6 Å². The van der Waals surface area contributed by atoms with E-state index in [2.05, 4.69) is 15.0 Å². The summed E-state index contributed by atoms with van der Waals surface area (Å²) in [7, 11) is 0. The average Bonchev–Trinajstić information content (AvgIpc) is 2.83. The van der Waals surface area contributed by atoms with E-state index in [-0.39, 0.29) is 5.56 Å². The summed E-state index contributed by atoms with van der Waals surface area (Å²) in [5.74, 6) is 0. The number of fused-ring (bicyclic) bond motifs is 1. The van der Waals surface area contributed by atoms with Gasteiger partial charge in [0.25, 0.3) is 5.56 Å². The molecule has 0 spiro atoms. The number of H-pyrrole nitrogens is 1. The molecule has 78 valence electrons. The van der Waals surface area contributed by atoms with Crippen molar-refractivity contribution in [1.82, 2.24) is 15.0 Å². The van der Waals surface area contributed by atoms with E-state index in [4.69, 9.17) is 0 Å². The van der Waals surface area contributed by atoms with Gasteiger partial charge in [0.1, 0.15) is 5.01 Å². The van der Waals surface area contributed by atoms with E-state index >= 15 is 0 Å². The second kappa shape index (κ2) is 3.53. The van der Waals surface area contributed by atoms with Crippen LogP contribution in [0.5, 0.6) is 0 Å². The van der Waals surface area contributed by atoms with Gasteiger partial charge < -0.3 is 4.98 Å². The lowest BCUT2D eigenvalue weighted by Gasteiger charge is -1.98. The first-order chi connectivity index (χ1) is 7.84. The standard InChI is InChI=1S/C11H7N3OS/c15-10-8-5-7(11-12-3-4-16-11)1-2-9(8)13-6-14-10/h1-6H,(H,13,14,15). The lowest BCUT2D eigenvalue weighted by molar-refractivity contribution is 1.17. The number of aromatic amines is 1. The molecule has 0 aliphatic rings. The van der Waals surface area contributed by atoms with Gasteiger partial charge in [0.2, 0.25) is 0 Å². The highest BCUT2D eigenvalue weighted by Crippen LogP contribution is 2.23. The normalized spacial score (nSPS) is 10.8. The van der Waals surface area contributed by atoms with Crippen LogP contribution in [0.3, 0.4) is 0 Å². The summed E-state index contributed by atoms with van der Waals surface area (Å²) >= 11 is 1.55. The molecule has 0 atom stereocenters. The summed E-state index contributed by atoms with van der Waals surface area (Å²) in [6.07, 6.45) is 3.16. The van der Waals surface area contributed by atoms with Crippen molar-refractivity contribution in [2.75, 3.05) is 0 Å². The lowest BCUT2D eigenvalue weighted by Crippen LogP contribution is -2.05. The first kappa shape index (κ1) is 9.23. The molecule has 0 saturated carbocycles. The Morgan fingerprint density at radius 1 is 1.25 bits per heavy atom. The van der Waals surface area contributed by atoms with Gasteiger partial charge >= 0.3 is 0 Å². The molecule has 1 N–H and O–H groups in total. The number of nitrogens with zero attached hydrogens (tertiary/aromatic N) is 2. The third kappa shape index (κ3) is 1.42. The Morgan fingerprint density at radius 2 is 2.19 bits per heavy atom. The number of hydrogen-bond acceptors (Lipinski definition) is 4. The van der Waals surface area contributed by atoms with Crippen molar-refractivity contribution >= 4 is 22.2 Å². The van der Waals surface area contributed by atoms with Crippen molar-refractivity contribution in [3.63, 3.8) is 0 Å².